The summed E-state index contributed by atoms with van der Waals surface area (Å²) in [7, 11) is 4.29. The van der Waals surface area contributed by atoms with E-state index in [0.29, 0.717) is 5.54 Å². The van der Waals surface area contributed by atoms with Gasteiger partial charge in [-0.05, 0) is 72.8 Å². The number of rotatable bonds is 6. The van der Waals surface area contributed by atoms with E-state index in [9.17, 15) is 0 Å². The second-order valence-corrected chi connectivity index (χ2v) is 6.06. The lowest BCUT2D eigenvalue weighted by Gasteiger charge is -2.31. The zero-order chi connectivity index (χ0) is 12.2. The Morgan fingerprint density at radius 2 is 2.06 bits per heavy atom. The number of hydrogen-bond donors (Lipinski definition) is 1. The van der Waals surface area contributed by atoms with Crippen molar-refractivity contribution in [3.8, 4) is 0 Å². The largest absolute Gasteiger partial charge is 0.330 e. The smallest absolute Gasteiger partial charge is 0.0156 e. The summed E-state index contributed by atoms with van der Waals surface area (Å²) in [4.78, 5) is 4.91. The lowest BCUT2D eigenvalue weighted by molar-refractivity contribution is 0.167. The van der Waals surface area contributed by atoms with Crippen LogP contribution < -0.4 is 5.73 Å². The molecule has 0 radical (unpaired) electrons. The van der Waals surface area contributed by atoms with Gasteiger partial charge in [0, 0.05) is 12.1 Å². The Morgan fingerprint density at radius 3 is 2.62 bits per heavy atom. The molecule has 0 saturated carbocycles. The van der Waals surface area contributed by atoms with Crippen LogP contribution in [0.5, 0.6) is 0 Å². The second kappa shape index (κ2) is 5.99. The molecule has 1 fully saturated rings. The molecule has 3 heteroatoms. The average molecular weight is 227 g/mol. The molecule has 2 N–H and O–H groups in total. The number of nitrogens with zero attached hydrogens (tertiary/aromatic N) is 2. The van der Waals surface area contributed by atoms with Crippen molar-refractivity contribution in [2.45, 2.75) is 38.6 Å². The monoisotopic (exact) mass is 227 g/mol. The molecular formula is C13H29N3. The normalized spacial score (nSPS) is 25.5. The SMILES string of the molecule is CN(C)CCCN1CC(CCN)CC1(C)C. The summed E-state index contributed by atoms with van der Waals surface area (Å²) >= 11 is 0. The standard InChI is InChI=1S/C13H29N3/c1-13(2)10-12(6-7-14)11-16(13)9-5-8-15(3)4/h12H,5-11,14H2,1-4H3. The molecule has 0 bridgehead atoms. The van der Waals surface area contributed by atoms with Crippen molar-refractivity contribution < 1.29 is 0 Å². The minimum Gasteiger partial charge on any atom is -0.330 e. The third-order valence-electron chi connectivity index (χ3n) is 3.73. The van der Waals surface area contributed by atoms with Gasteiger partial charge in [-0.25, -0.2) is 0 Å². The van der Waals surface area contributed by atoms with Gasteiger partial charge in [-0.2, -0.15) is 0 Å². The van der Waals surface area contributed by atoms with Gasteiger partial charge in [-0.15, -0.1) is 0 Å². The van der Waals surface area contributed by atoms with Gasteiger partial charge in [0.15, 0.2) is 0 Å². The van der Waals surface area contributed by atoms with Crippen molar-refractivity contribution in [2.75, 3.05) is 40.3 Å². The third-order valence-corrected chi connectivity index (χ3v) is 3.73. The Balaban J connectivity index is 2.35. The van der Waals surface area contributed by atoms with Crippen molar-refractivity contribution in [1.29, 1.82) is 0 Å². The molecule has 1 saturated heterocycles. The zero-order valence-corrected chi connectivity index (χ0v) is 11.5. The highest BCUT2D eigenvalue weighted by Gasteiger charge is 2.37. The van der Waals surface area contributed by atoms with Crippen LogP contribution in [-0.2, 0) is 0 Å². The highest BCUT2D eigenvalue weighted by Crippen LogP contribution is 2.33. The molecule has 1 aliphatic rings. The first-order valence-electron chi connectivity index (χ1n) is 6.55. The minimum absolute atomic E-state index is 0.381. The van der Waals surface area contributed by atoms with E-state index in [1.165, 1.54) is 38.9 Å². The lowest BCUT2D eigenvalue weighted by Crippen LogP contribution is -2.39. The molecule has 1 atom stereocenters. The minimum atomic E-state index is 0.381. The predicted molar refractivity (Wildman–Crippen MR) is 70.6 cm³/mol. The molecule has 0 spiro atoms. The Bertz CT molecular complexity index is 201. The van der Waals surface area contributed by atoms with Crippen molar-refractivity contribution in [3.05, 3.63) is 0 Å². The highest BCUT2D eigenvalue weighted by atomic mass is 15.2. The van der Waals surface area contributed by atoms with Crippen LogP contribution in [0, 0.1) is 5.92 Å². The Hall–Kier alpha value is -0.120. The van der Waals surface area contributed by atoms with E-state index in [1.807, 2.05) is 0 Å². The quantitative estimate of drug-likeness (QED) is 0.744. The number of nitrogens with two attached hydrogens (primary N) is 1. The van der Waals surface area contributed by atoms with Crippen LogP contribution >= 0.6 is 0 Å². The van der Waals surface area contributed by atoms with Crippen LogP contribution in [0.3, 0.4) is 0 Å². The maximum Gasteiger partial charge on any atom is 0.0156 e. The van der Waals surface area contributed by atoms with E-state index in [-0.39, 0.29) is 0 Å². The molecule has 96 valence electrons. The van der Waals surface area contributed by atoms with Crippen LogP contribution in [0.4, 0.5) is 0 Å². The van der Waals surface area contributed by atoms with E-state index in [4.69, 9.17) is 5.73 Å². The molecule has 1 aliphatic heterocycles. The van der Waals surface area contributed by atoms with Gasteiger partial charge >= 0.3 is 0 Å². The van der Waals surface area contributed by atoms with E-state index < -0.39 is 0 Å². The summed E-state index contributed by atoms with van der Waals surface area (Å²) in [5, 5.41) is 0. The fraction of sp³-hybridized carbons (Fsp3) is 1.00. The van der Waals surface area contributed by atoms with E-state index in [0.717, 1.165) is 12.5 Å². The number of hydrogen-bond acceptors (Lipinski definition) is 3. The Morgan fingerprint density at radius 1 is 1.38 bits per heavy atom. The first-order chi connectivity index (χ1) is 7.45. The van der Waals surface area contributed by atoms with Crippen molar-refractivity contribution in [3.63, 3.8) is 0 Å². The molecule has 3 nitrogen and oxygen atoms in total. The van der Waals surface area contributed by atoms with Crippen LogP contribution in [0.2, 0.25) is 0 Å². The van der Waals surface area contributed by atoms with Crippen LogP contribution in [0.1, 0.15) is 33.1 Å². The number of likely N-dealkylation sites (tertiary alicyclic amines) is 1. The first-order valence-corrected chi connectivity index (χ1v) is 6.55. The van der Waals surface area contributed by atoms with Crippen molar-refractivity contribution >= 4 is 0 Å². The van der Waals surface area contributed by atoms with Gasteiger partial charge in [0.05, 0.1) is 0 Å². The third kappa shape index (κ3) is 4.04. The molecule has 0 amide bonds. The van der Waals surface area contributed by atoms with Crippen LogP contribution in [-0.4, -0.2) is 55.6 Å². The fourth-order valence-corrected chi connectivity index (χ4v) is 2.86. The summed E-state index contributed by atoms with van der Waals surface area (Å²) in [6, 6.07) is 0. The summed E-state index contributed by atoms with van der Waals surface area (Å²) in [5.74, 6) is 0.819. The topological polar surface area (TPSA) is 32.5 Å². The molecule has 1 rings (SSSR count). The molecule has 0 aliphatic carbocycles. The summed E-state index contributed by atoms with van der Waals surface area (Å²) < 4.78 is 0. The second-order valence-electron chi connectivity index (χ2n) is 6.06. The van der Waals surface area contributed by atoms with Crippen molar-refractivity contribution in [1.82, 2.24) is 9.80 Å². The molecule has 0 aromatic heterocycles. The summed E-state index contributed by atoms with van der Waals surface area (Å²) in [6.45, 7) is 9.25. The maximum atomic E-state index is 5.66. The summed E-state index contributed by atoms with van der Waals surface area (Å²) in [6.07, 6.45) is 3.77. The predicted octanol–water partition coefficient (Wildman–Crippen LogP) is 1.39. The van der Waals surface area contributed by atoms with Gasteiger partial charge in [-0.3, -0.25) is 4.90 Å². The van der Waals surface area contributed by atoms with E-state index >= 15 is 0 Å². The summed E-state index contributed by atoms with van der Waals surface area (Å²) in [5.41, 5.74) is 6.04. The molecule has 1 heterocycles. The average Bonchev–Trinajstić information content (AvgIpc) is 2.41. The maximum absolute atomic E-state index is 5.66. The van der Waals surface area contributed by atoms with Gasteiger partial charge in [0.25, 0.3) is 0 Å². The lowest BCUT2D eigenvalue weighted by atomic mass is 9.94. The van der Waals surface area contributed by atoms with Gasteiger partial charge in [-0.1, -0.05) is 0 Å². The van der Waals surface area contributed by atoms with E-state index in [1.54, 1.807) is 0 Å². The van der Waals surface area contributed by atoms with Crippen molar-refractivity contribution in [2.24, 2.45) is 11.7 Å². The van der Waals surface area contributed by atoms with Crippen LogP contribution in [0.25, 0.3) is 0 Å². The Kier molecular flexibility index (Phi) is 5.22. The molecule has 0 aromatic rings. The van der Waals surface area contributed by atoms with Crippen LogP contribution in [0.15, 0.2) is 0 Å². The Labute approximate surface area is 101 Å². The van der Waals surface area contributed by atoms with Gasteiger partial charge in [0.1, 0.15) is 0 Å². The molecule has 0 aromatic carbocycles. The van der Waals surface area contributed by atoms with Gasteiger partial charge < -0.3 is 10.6 Å². The molecular weight excluding hydrogens is 198 g/mol. The molecule has 1 unspecified atom stereocenters. The molecule has 16 heavy (non-hydrogen) atoms. The zero-order valence-electron chi connectivity index (χ0n) is 11.5. The van der Waals surface area contributed by atoms with E-state index in [2.05, 4.69) is 37.7 Å². The van der Waals surface area contributed by atoms with Gasteiger partial charge in [0.2, 0.25) is 0 Å². The highest BCUT2D eigenvalue weighted by molar-refractivity contribution is 4.92. The first kappa shape index (κ1) is 13.9. The fourth-order valence-electron chi connectivity index (χ4n) is 2.86.